The van der Waals surface area contributed by atoms with Crippen LogP contribution in [0.4, 0.5) is 0 Å². The van der Waals surface area contributed by atoms with Gasteiger partial charge in [0.15, 0.2) is 5.96 Å². The molecule has 1 saturated carbocycles. The minimum atomic E-state index is 0. The van der Waals surface area contributed by atoms with E-state index in [1.165, 1.54) is 12.8 Å². The number of hydrogen-bond acceptors (Lipinski definition) is 5. The predicted octanol–water partition coefficient (Wildman–Crippen LogP) is 1.17. The Kier molecular flexibility index (Phi) is 9.90. The van der Waals surface area contributed by atoms with Crippen molar-refractivity contribution in [2.24, 2.45) is 4.99 Å². The van der Waals surface area contributed by atoms with Gasteiger partial charge in [-0.05, 0) is 25.7 Å². The van der Waals surface area contributed by atoms with Crippen LogP contribution in [0.2, 0.25) is 0 Å². The number of guanidine groups is 1. The van der Waals surface area contributed by atoms with E-state index >= 15 is 0 Å². The van der Waals surface area contributed by atoms with Gasteiger partial charge in [-0.3, -0.25) is 9.89 Å². The normalized spacial score (nSPS) is 26.9. The molecule has 0 spiro atoms. The molecule has 8 heteroatoms. The predicted molar refractivity (Wildman–Crippen MR) is 114 cm³/mol. The van der Waals surface area contributed by atoms with Crippen LogP contribution < -0.4 is 5.32 Å². The molecule has 2 atom stereocenters. The van der Waals surface area contributed by atoms with Gasteiger partial charge in [-0.25, -0.2) is 0 Å². The Bertz CT molecular complexity index is 431. The molecule has 1 N–H and O–H groups in total. The third-order valence-electron chi connectivity index (χ3n) is 5.31. The molecule has 3 rings (SSSR count). The molecule has 0 aromatic heterocycles. The van der Waals surface area contributed by atoms with E-state index in [1.54, 1.807) is 7.11 Å². The van der Waals surface area contributed by atoms with Crippen LogP contribution in [-0.4, -0.2) is 101 Å². The van der Waals surface area contributed by atoms with E-state index in [0.717, 1.165) is 77.4 Å². The van der Waals surface area contributed by atoms with Gasteiger partial charge in [0.25, 0.3) is 0 Å². The number of ether oxygens (including phenoxy) is 3. The number of halogens is 1. The fourth-order valence-corrected chi connectivity index (χ4v) is 3.76. The summed E-state index contributed by atoms with van der Waals surface area (Å²) in [5, 5.41) is 3.54. The smallest absolute Gasteiger partial charge is 0.193 e. The van der Waals surface area contributed by atoms with Crippen LogP contribution in [-0.2, 0) is 14.2 Å². The lowest BCUT2D eigenvalue weighted by Crippen LogP contribution is -2.54. The van der Waals surface area contributed by atoms with Crippen LogP contribution in [0.5, 0.6) is 0 Å². The van der Waals surface area contributed by atoms with Gasteiger partial charge in [0.1, 0.15) is 6.10 Å². The van der Waals surface area contributed by atoms with E-state index in [4.69, 9.17) is 14.2 Å². The monoisotopic (exact) mass is 482 g/mol. The number of nitrogens with one attached hydrogen (secondary N) is 1. The van der Waals surface area contributed by atoms with E-state index in [9.17, 15) is 0 Å². The van der Waals surface area contributed by atoms with Crippen molar-refractivity contribution in [2.45, 2.75) is 43.9 Å². The van der Waals surface area contributed by atoms with E-state index in [1.807, 2.05) is 7.05 Å². The summed E-state index contributed by atoms with van der Waals surface area (Å²) < 4.78 is 17.0. The summed E-state index contributed by atoms with van der Waals surface area (Å²) in [4.78, 5) is 9.32. The quantitative estimate of drug-likeness (QED) is 0.319. The Morgan fingerprint density at radius 3 is 2.65 bits per heavy atom. The summed E-state index contributed by atoms with van der Waals surface area (Å²) in [6, 6.07) is 0.756. The van der Waals surface area contributed by atoms with E-state index in [-0.39, 0.29) is 36.2 Å². The molecule has 2 unspecified atom stereocenters. The highest BCUT2D eigenvalue weighted by molar-refractivity contribution is 14.0. The van der Waals surface area contributed by atoms with Gasteiger partial charge in [0.2, 0.25) is 0 Å². The van der Waals surface area contributed by atoms with Crippen LogP contribution >= 0.6 is 24.0 Å². The van der Waals surface area contributed by atoms with Crippen molar-refractivity contribution >= 4 is 29.9 Å². The van der Waals surface area contributed by atoms with Crippen LogP contribution in [0, 0.1) is 0 Å². The van der Waals surface area contributed by atoms with Crippen molar-refractivity contribution in [1.82, 2.24) is 15.1 Å². The van der Waals surface area contributed by atoms with Crippen molar-refractivity contribution in [2.75, 3.05) is 66.7 Å². The molecular weight excluding hydrogens is 447 g/mol. The minimum absolute atomic E-state index is 0. The molecule has 2 heterocycles. The van der Waals surface area contributed by atoms with Crippen molar-refractivity contribution in [3.63, 3.8) is 0 Å². The number of hydrogen-bond donors (Lipinski definition) is 1. The molecule has 152 valence electrons. The van der Waals surface area contributed by atoms with E-state index in [0.29, 0.717) is 0 Å². The lowest BCUT2D eigenvalue weighted by atomic mass is 10.1. The van der Waals surface area contributed by atoms with Gasteiger partial charge < -0.3 is 24.4 Å². The molecule has 3 aliphatic rings. The molecule has 2 saturated heterocycles. The fourth-order valence-electron chi connectivity index (χ4n) is 3.76. The maximum absolute atomic E-state index is 5.94. The lowest BCUT2D eigenvalue weighted by molar-refractivity contribution is -0.0817. The first-order valence-electron chi connectivity index (χ1n) is 9.73. The van der Waals surface area contributed by atoms with Crippen molar-refractivity contribution in [1.29, 1.82) is 0 Å². The first-order valence-corrected chi connectivity index (χ1v) is 9.73. The summed E-state index contributed by atoms with van der Waals surface area (Å²) in [5.41, 5.74) is 0. The number of nitrogens with zero attached hydrogens (tertiary/aromatic N) is 3. The Morgan fingerprint density at radius 1 is 1.19 bits per heavy atom. The molecule has 0 aromatic carbocycles. The molecule has 26 heavy (non-hydrogen) atoms. The van der Waals surface area contributed by atoms with Crippen LogP contribution in [0.3, 0.4) is 0 Å². The van der Waals surface area contributed by atoms with Gasteiger partial charge in [0, 0.05) is 59.5 Å². The van der Waals surface area contributed by atoms with Crippen LogP contribution in [0.25, 0.3) is 0 Å². The summed E-state index contributed by atoms with van der Waals surface area (Å²) in [5.74, 6) is 0.980. The third kappa shape index (κ3) is 6.47. The van der Waals surface area contributed by atoms with Crippen LogP contribution in [0.1, 0.15) is 25.7 Å². The molecule has 7 nitrogen and oxygen atoms in total. The second kappa shape index (κ2) is 11.6. The maximum Gasteiger partial charge on any atom is 0.193 e. The number of methoxy groups -OCH3 is 1. The van der Waals surface area contributed by atoms with Crippen molar-refractivity contribution in [3.05, 3.63) is 0 Å². The van der Waals surface area contributed by atoms with Crippen LogP contribution in [0.15, 0.2) is 4.99 Å². The molecule has 3 fully saturated rings. The highest BCUT2D eigenvalue weighted by Gasteiger charge is 2.32. The molecule has 0 aromatic rings. The van der Waals surface area contributed by atoms with Crippen molar-refractivity contribution in [3.8, 4) is 0 Å². The number of rotatable bonds is 8. The molecule has 0 bridgehead atoms. The third-order valence-corrected chi connectivity index (χ3v) is 5.31. The lowest BCUT2D eigenvalue weighted by Gasteiger charge is -2.37. The molecular formula is C18H35IN4O3. The zero-order valence-electron chi connectivity index (χ0n) is 16.2. The largest absolute Gasteiger partial charge is 0.383 e. The first kappa shape index (κ1) is 22.1. The summed E-state index contributed by atoms with van der Waals surface area (Å²) in [7, 11) is 3.64. The van der Waals surface area contributed by atoms with Crippen molar-refractivity contribution < 1.29 is 14.2 Å². The Balaban J connectivity index is 0.00000243. The highest BCUT2D eigenvalue weighted by Crippen LogP contribution is 2.26. The highest BCUT2D eigenvalue weighted by atomic mass is 127. The second-order valence-electron chi connectivity index (χ2n) is 7.14. The number of morpholine rings is 1. The Morgan fingerprint density at radius 2 is 2.00 bits per heavy atom. The van der Waals surface area contributed by atoms with Gasteiger partial charge in [-0.15, -0.1) is 24.0 Å². The molecule has 0 radical (unpaired) electrons. The van der Waals surface area contributed by atoms with Gasteiger partial charge in [0.05, 0.1) is 19.3 Å². The molecule has 1 aliphatic carbocycles. The Labute approximate surface area is 174 Å². The summed E-state index contributed by atoms with van der Waals surface area (Å²) in [6.07, 6.45) is 5.33. The zero-order valence-corrected chi connectivity index (χ0v) is 18.5. The SMILES string of the molecule is CN=C(NCCN(CCOC)C1CC1)N1CCOC(C2CCCO2)C1.I. The van der Waals surface area contributed by atoms with E-state index < -0.39 is 0 Å². The average Bonchev–Trinajstić information content (AvgIpc) is 3.34. The zero-order chi connectivity index (χ0) is 17.5. The van der Waals surface area contributed by atoms with E-state index in [2.05, 4.69) is 20.1 Å². The average molecular weight is 482 g/mol. The summed E-state index contributed by atoms with van der Waals surface area (Å²) >= 11 is 0. The Hall–Kier alpha value is -0.160. The van der Waals surface area contributed by atoms with Gasteiger partial charge in [-0.2, -0.15) is 0 Å². The molecule has 0 amide bonds. The maximum atomic E-state index is 5.94. The topological polar surface area (TPSA) is 58.6 Å². The summed E-state index contributed by atoms with van der Waals surface area (Å²) in [6.45, 7) is 7.13. The second-order valence-corrected chi connectivity index (χ2v) is 7.14. The van der Waals surface area contributed by atoms with Gasteiger partial charge in [-0.1, -0.05) is 0 Å². The fraction of sp³-hybridized carbons (Fsp3) is 0.944. The number of aliphatic imine (C=N–C) groups is 1. The standard InChI is InChI=1S/C18H34N4O3.HI/c1-19-18(20-7-8-21(9-12-23-2)15-5-6-15)22-10-13-25-17(14-22)16-4-3-11-24-16;/h15-17H,3-14H2,1-2H3,(H,19,20);1H. The molecule has 2 aliphatic heterocycles. The first-order chi connectivity index (χ1) is 12.3. The minimum Gasteiger partial charge on any atom is -0.383 e. The van der Waals surface area contributed by atoms with Gasteiger partial charge >= 0.3 is 0 Å².